The van der Waals surface area contributed by atoms with E-state index in [0.29, 0.717) is 24.7 Å². The van der Waals surface area contributed by atoms with Gasteiger partial charge in [-0.15, -0.1) is 0 Å². The molecule has 5 heteroatoms. The zero-order valence-corrected chi connectivity index (χ0v) is 14.1. The molecule has 4 rings (SSSR count). The topological polar surface area (TPSA) is 41.9 Å². The minimum absolute atomic E-state index is 0.128. The predicted molar refractivity (Wildman–Crippen MR) is 92.8 cm³/mol. The summed E-state index contributed by atoms with van der Waals surface area (Å²) in [5.41, 5.74) is 1.74. The summed E-state index contributed by atoms with van der Waals surface area (Å²) in [5, 5.41) is 10.6. The van der Waals surface area contributed by atoms with Crippen molar-refractivity contribution in [2.24, 2.45) is 0 Å². The van der Waals surface area contributed by atoms with Crippen LogP contribution in [0.25, 0.3) is 0 Å². The van der Waals surface area contributed by atoms with Crippen LogP contribution in [-0.4, -0.2) is 36.3 Å². The Morgan fingerprint density at radius 1 is 0.920 bits per heavy atom. The molecule has 4 nitrogen and oxygen atoms in total. The van der Waals surface area contributed by atoms with Gasteiger partial charge in [0, 0.05) is 11.6 Å². The molecule has 0 radical (unpaired) electrons. The van der Waals surface area contributed by atoms with E-state index >= 15 is 0 Å². The Hall–Kier alpha value is -2.27. The van der Waals surface area contributed by atoms with E-state index in [9.17, 15) is 9.50 Å². The molecular weight excluding hydrogens is 321 g/mol. The number of rotatable bonds is 3. The van der Waals surface area contributed by atoms with Gasteiger partial charge in [0.2, 0.25) is 0 Å². The van der Waals surface area contributed by atoms with Gasteiger partial charge < -0.3 is 14.6 Å². The van der Waals surface area contributed by atoms with Gasteiger partial charge in [-0.25, -0.2) is 4.39 Å². The van der Waals surface area contributed by atoms with E-state index in [1.165, 1.54) is 18.6 Å². The summed E-state index contributed by atoms with van der Waals surface area (Å²) in [5.74, 6) is 1.16. The molecule has 0 saturated carbocycles. The third-order valence-electron chi connectivity index (χ3n) is 4.93. The van der Waals surface area contributed by atoms with Gasteiger partial charge in [-0.1, -0.05) is 18.6 Å². The average molecular weight is 343 g/mol. The number of phenols is 1. The number of hydrogen-bond donors (Lipinski definition) is 1. The van der Waals surface area contributed by atoms with Crippen molar-refractivity contribution < 1.29 is 19.0 Å². The van der Waals surface area contributed by atoms with Crippen molar-refractivity contribution in [3.63, 3.8) is 0 Å². The number of likely N-dealkylation sites (tertiary alicyclic amines) is 1. The maximum Gasteiger partial charge on any atom is 0.165 e. The second kappa shape index (κ2) is 6.92. The van der Waals surface area contributed by atoms with E-state index in [1.807, 2.05) is 6.07 Å². The van der Waals surface area contributed by atoms with Crippen LogP contribution in [0.4, 0.5) is 4.39 Å². The molecule has 0 aromatic heterocycles. The van der Waals surface area contributed by atoms with Crippen molar-refractivity contribution in [3.8, 4) is 17.2 Å². The quantitative estimate of drug-likeness (QED) is 0.918. The molecule has 1 N–H and O–H groups in total. The molecule has 1 fully saturated rings. The summed E-state index contributed by atoms with van der Waals surface area (Å²) in [6.45, 7) is 2.90. The standard InChI is InChI=1S/C20H22FNO3/c21-15-6-4-14(5-7-15)20(22-8-2-1-3-9-22)16-12-18-19(13-17(16)23)25-11-10-24-18/h4-7,12-13,20,23H,1-3,8-11H2. The monoisotopic (exact) mass is 343 g/mol. The number of piperidine rings is 1. The second-order valence-corrected chi connectivity index (χ2v) is 6.61. The first kappa shape index (κ1) is 16.2. The van der Waals surface area contributed by atoms with Crippen molar-refractivity contribution in [2.45, 2.75) is 25.3 Å². The molecule has 0 amide bonds. The Labute approximate surface area is 146 Å². The highest BCUT2D eigenvalue weighted by Crippen LogP contribution is 2.42. The fraction of sp³-hybridized carbons (Fsp3) is 0.400. The van der Waals surface area contributed by atoms with Gasteiger partial charge in [0.25, 0.3) is 0 Å². The van der Waals surface area contributed by atoms with Gasteiger partial charge in [0.1, 0.15) is 24.8 Å². The minimum atomic E-state index is -0.257. The van der Waals surface area contributed by atoms with Crippen LogP contribution in [0.1, 0.15) is 36.4 Å². The molecule has 0 aliphatic carbocycles. The van der Waals surface area contributed by atoms with E-state index in [-0.39, 0.29) is 17.6 Å². The number of ether oxygens (including phenoxy) is 2. The SMILES string of the molecule is Oc1cc2c(cc1C(c1ccc(F)cc1)N1CCCCC1)OCCO2. The summed E-state index contributed by atoms with van der Waals surface area (Å²) < 4.78 is 24.7. The Morgan fingerprint density at radius 3 is 2.24 bits per heavy atom. The number of aromatic hydroxyl groups is 1. The highest BCUT2D eigenvalue weighted by Gasteiger charge is 2.28. The third-order valence-corrected chi connectivity index (χ3v) is 4.93. The number of hydrogen-bond acceptors (Lipinski definition) is 4. The van der Waals surface area contributed by atoms with E-state index < -0.39 is 0 Å². The average Bonchev–Trinajstić information content (AvgIpc) is 2.65. The second-order valence-electron chi connectivity index (χ2n) is 6.61. The maximum absolute atomic E-state index is 13.4. The predicted octanol–water partition coefficient (Wildman–Crippen LogP) is 3.88. The van der Waals surface area contributed by atoms with Crippen molar-refractivity contribution in [2.75, 3.05) is 26.3 Å². The minimum Gasteiger partial charge on any atom is -0.507 e. The van der Waals surface area contributed by atoms with Gasteiger partial charge in [-0.2, -0.15) is 0 Å². The molecule has 2 aromatic carbocycles. The first-order valence-corrected chi connectivity index (χ1v) is 8.84. The lowest BCUT2D eigenvalue weighted by atomic mass is 9.93. The van der Waals surface area contributed by atoms with Gasteiger partial charge >= 0.3 is 0 Å². The van der Waals surface area contributed by atoms with Crippen LogP contribution in [-0.2, 0) is 0 Å². The van der Waals surface area contributed by atoms with E-state index in [0.717, 1.165) is 37.1 Å². The molecule has 1 atom stereocenters. The van der Waals surface area contributed by atoms with Crippen LogP contribution in [0.2, 0.25) is 0 Å². The van der Waals surface area contributed by atoms with Crippen molar-refractivity contribution >= 4 is 0 Å². The molecule has 2 heterocycles. The summed E-state index contributed by atoms with van der Waals surface area (Å²) >= 11 is 0. The van der Waals surface area contributed by atoms with Crippen LogP contribution >= 0.6 is 0 Å². The van der Waals surface area contributed by atoms with E-state index in [2.05, 4.69) is 4.90 Å². The number of benzene rings is 2. The molecule has 2 aliphatic rings. The van der Waals surface area contributed by atoms with Gasteiger partial charge in [-0.05, 0) is 49.7 Å². The molecule has 2 aromatic rings. The van der Waals surface area contributed by atoms with Crippen molar-refractivity contribution in [3.05, 3.63) is 53.3 Å². The molecule has 1 unspecified atom stereocenters. The Balaban J connectivity index is 1.78. The molecule has 0 bridgehead atoms. The Morgan fingerprint density at radius 2 is 1.56 bits per heavy atom. The van der Waals surface area contributed by atoms with Crippen LogP contribution in [0, 0.1) is 5.82 Å². The number of phenolic OH excluding ortho intramolecular Hbond substituents is 1. The number of nitrogens with zero attached hydrogens (tertiary/aromatic N) is 1. The zero-order chi connectivity index (χ0) is 17.2. The highest BCUT2D eigenvalue weighted by molar-refractivity contribution is 5.53. The smallest absolute Gasteiger partial charge is 0.165 e. The molecular formula is C20H22FNO3. The zero-order valence-electron chi connectivity index (χ0n) is 14.1. The lowest BCUT2D eigenvalue weighted by molar-refractivity contribution is 0.166. The van der Waals surface area contributed by atoms with E-state index in [4.69, 9.17) is 9.47 Å². The summed E-state index contributed by atoms with van der Waals surface area (Å²) in [6.07, 6.45) is 3.48. The van der Waals surface area contributed by atoms with Crippen LogP contribution in [0.3, 0.4) is 0 Å². The Kier molecular flexibility index (Phi) is 4.49. The van der Waals surface area contributed by atoms with E-state index in [1.54, 1.807) is 18.2 Å². The fourth-order valence-corrected chi connectivity index (χ4v) is 3.72. The number of halogens is 1. The summed E-state index contributed by atoms with van der Waals surface area (Å²) in [6, 6.07) is 9.91. The van der Waals surface area contributed by atoms with Crippen LogP contribution < -0.4 is 9.47 Å². The van der Waals surface area contributed by atoms with Crippen molar-refractivity contribution in [1.29, 1.82) is 0 Å². The summed E-state index contributed by atoms with van der Waals surface area (Å²) in [4.78, 5) is 2.35. The normalized spacial score (nSPS) is 18.8. The molecule has 1 saturated heterocycles. The third kappa shape index (κ3) is 3.29. The maximum atomic E-state index is 13.4. The van der Waals surface area contributed by atoms with Crippen LogP contribution in [0.15, 0.2) is 36.4 Å². The lowest BCUT2D eigenvalue weighted by Gasteiger charge is -2.36. The van der Waals surface area contributed by atoms with Gasteiger partial charge in [0.15, 0.2) is 11.5 Å². The number of fused-ring (bicyclic) bond motifs is 1. The highest BCUT2D eigenvalue weighted by atomic mass is 19.1. The van der Waals surface area contributed by atoms with Crippen molar-refractivity contribution in [1.82, 2.24) is 4.90 Å². The first-order valence-electron chi connectivity index (χ1n) is 8.84. The molecule has 0 spiro atoms. The summed E-state index contributed by atoms with van der Waals surface area (Å²) in [7, 11) is 0. The first-order chi connectivity index (χ1) is 12.2. The lowest BCUT2D eigenvalue weighted by Crippen LogP contribution is -2.34. The van der Waals surface area contributed by atoms with Gasteiger partial charge in [0.05, 0.1) is 6.04 Å². The van der Waals surface area contributed by atoms with Crippen LogP contribution in [0.5, 0.6) is 17.2 Å². The molecule has 2 aliphatic heterocycles. The molecule has 132 valence electrons. The molecule has 25 heavy (non-hydrogen) atoms. The Bertz CT molecular complexity index is 741. The largest absolute Gasteiger partial charge is 0.507 e. The van der Waals surface area contributed by atoms with Gasteiger partial charge in [-0.3, -0.25) is 4.90 Å². The fourth-order valence-electron chi connectivity index (χ4n) is 3.72.